The molecule has 0 amide bonds. The minimum atomic E-state index is -1.13. The summed E-state index contributed by atoms with van der Waals surface area (Å²) in [6, 6.07) is 5.09. The number of hydrogen-bond acceptors (Lipinski definition) is 7. The highest BCUT2D eigenvalue weighted by atomic mass is 17.3. The fourth-order valence-electron chi connectivity index (χ4n) is 3.04. The standard InChI is InChI=1S/C16H16N2O6/c1-7-11(15(19)20)13(12(8(2)17-7)16(21)22-3)9-5-4-6-10-14(9)18-24-23-10/h4-6,13,17-18H,1-3H3,(H,19,20). The van der Waals surface area contributed by atoms with Gasteiger partial charge in [-0.05, 0) is 25.5 Å². The molecule has 3 rings (SSSR count). The summed E-state index contributed by atoms with van der Waals surface area (Å²) < 4.78 is 4.86. The van der Waals surface area contributed by atoms with Gasteiger partial charge in [0.2, 0.25) is 0 Å². The zero-order valence-corrected chi connectivity index (χ0v) is 13.3. The van der Waals surface area contributed by atoms with Crippen molar-refractivity contribution in [3.8, 4) is 5.75 Å². The molecule has 1 aromatic carbocycles. The minimum Gasteiger partial charge on any atom is -0.478 e. The Labute approximate surface area is 137 Å². The van der Waals surface area contributed by atoms with E-state index >= 15 is 0 Å². The van der Waals surface area contributed by atoms with Crippen molar-refractivity contribution in [2.75, 3.05) is 12.6 Å². The highest BCUT2D eigenvalue weighted by Gasteiger charge is 2.39. The van der Waals surface area contributed by atoms with E-state index in [-0.39, 0.29) is 11.1 Å². The lowest BCUT2D eigenvalue weighted by molar-refractivity contribution is -0.160. The molecule has 1 unspecified atom stereocenters. The van der Waals surface area contributed by atoms with E-state index in [2.05, 4.69) is 10.8 Å². The average molecular weight is 332 g/mol. The number of esters is 1. The number of carboxylic acid groups (broad SMARTS) is 1. The Morgan fingerprint density at radius 2 is 1.92 bits per heavy atom. The Morgan fingerprint density at radius 1 is 1.21 bits per heavy atom. The number of para-hydroxylation sites is 1. The van der Waals surface area contributed by atoms with Crippen LogP contribution in [0, 0.1) is 0 Å². The molecule has 1 atom stereocenters. The fraction of sp³-hybridized carbons (Fsp3) is 0.250. The third-order valence-electron chi connectivity index (χ3n) is 4.04. The predicted molar refractivity (Wildman–Crippen MR) is 82.7 cm³/mol. The van der Waals surface area contributed by atoms with Crippen LogP contribution in [0.25, 0.3) is 0 Å². The summed E-state index contributed by atoms with van der Waals surface area (Å²) in [7, 11) is 1.26. The number of allylic oxidation sites excluding steroid dienone is 2. The molecular formula is C16H16N2O6. The van der Waals surface area contributed by atoms with Crippen molar-refractivity contribution in [3.63, 3.8) is 0 Å². The molecule has 0 spiro atoms. The molecule has 8 heteroatoms. The SMILES string of the molecule is COC(=O)C1=C(C)NC(C)=C(C(=O)O)C1c1cccc2c1NOO2. The van der Waals surface area contributed by atoms with Crippen molar-refractivity contribution in [1.29, 1.82) is 0 Å². The molecule has 8 nitrogen and oxygen atoms in total. The first-order valence-electron chi connectivity index (χ1n) is 7.18. The third-order valence-corrected chi connectivity index (χ3v) is 4.04. The Morgan fingerprint density at radius 3 is 2.58 bits per heavy atom. The molecule has 0 aliphatic carbocycles. The Kier molecular flexibility index (Phi) is 3.90. The van der Waals surface area contributed by atoms with Crippen LogP contribution in [0.5, 0.6) is 5.75 Å². The molecule has 1 aromatic rings. The molecule has 0 saturated carbocycles. The van der Waals surface area contributed by atoms with Crippen molar-refractivity contribution >= 4 is 17.6 Å². The number of benzene rings is 1. The van der Waals surface area contributed by atoms with Crippen molar-refractivity contribution in [3.05, 3.63) is 46.3 Å². The maximum Gasteiger partial charge on any atom is 0.336 e. The molecule has 2 heterocycles. The Balaban J connectivity index is 2.25. The van der Waals surface area contributed by atoms with Crippen molar-refractivity contribution in [2.24, 2.45) is 0 Å². The summed E-state index contributed by atoms with van der Waals surface area (Å²) in [4.78, 5) is 33.9. The summed E-state index contributed by atoms with van der Waals surface area (Å²) in [5.41, 5.74) is 4.89. The van der Waals surface area contributed by atoms with E-state index in [1.165, 1.54) is 7.11 Å². The molecular weight excluding hydrogens is 316 g/mol. The number of carbonyl (C=O) groups is 2. The van der Waals surface area contributed by atoms with E-state index in [4.69, 9.17) is 14.6 Å². The van der Waals surface area contributed by atoms with Crippen LogP contribution < -0.4 is 15.7 Å². The fourth-order valence-corrected chi connectivity index (χ4v) is 3.04. The second-order valence-corrected chi connectivity index (χ2v) is 5.42. The lowest BCUT2D eigenvalue weighted by atomic mass is 9.79. The van der Waals surface area contributed by atoms with Gasteiger partial charge < -0.3 is 20.0 Å². The maximum absolute atomic E-state index is 12.3. The van der Waals surface area contributed by atoms with Crippen LogP contribution in [0.1, 0.15) is 25.3 Å². The van der Waals surface area contributed by atoms with Gasteiger partial charge in [-0.25, -0.2) is 15.1 Å². The van der Waals surface area contributed by atoms with Crippen molar-refractivity contribution < 1.29 is 29.3 Å². The molecule has 2 aliphatic heterocycles. The number of fused-ring (bicyclic) bond motifs is 1. The quantitative estimate of drug-likeness (QED) is 0.568. The first-order valence-corrected chi connectivity index (χ1v) is 7.18. The minimum absolute atomic E-state index is 0.0584. The smallest absolute Gasteiger partial charge is 0.336 e. The van der Waals surface area contributed by atoms with Crippen LogP contribution >= 0.6 is 0 Å². The summed E-state index contributed by atoms with van der Waals surface area (Å²) in [5.74, 6) is -2.15. The second kappa shape index (κ2) is 5.89. The van der Waals surface area contributed by atoms with E-state index in [1.54, 1.807) is 32.0 Å². The number of aliphatic carboxylic acids is 1. The van der Waals surface area contributed by atoms with Crippen LogP contribution in [0.3, 0.4) is 0 Å². The predicted octanol–water partition coefficient (Wildman–Crippen LogP) is 1.83. The summed E-state index contributed by atoms with van der Waals surface area (Å²) in [5, 5.41) is 12.6. The van der Waals surface area contributed by atoms with Gasteiger partial charge in [0.15, 0.2) is 5.75 Å². The number of rotatable bonds is 3. The molecule has 2 aliphatic rings. The number of dihydropyridines is 1. The number of anilines is 1. The third kappa shape index (κ3) is 2.37. The van der Waals surface area contributed by atoms with Gasteiger partial charge in [0, 0.05) is 11.4 Å². The number of carboxylic acids is 1. The van der Waals surface area contributed by atoms with E-state index in [9.17, 15) is 14.7 Å². The topological polar surface area (TPSA) is 106 Å². The highest BCUT2D eigenvalue weighted by Crippen LogP contribution is 2.45. The van der Waals surface area contributed by atoms with Gasteiger partial charge >= 0.3 is 11.9 Å². The van der Waals surface area contributed by atoms with E-state index in [1.807, 2.05) is 0 Å². The molecule has 126 valence electrons. The van der Waals surface area contributed by atoms with E-state index in [0.29, 0.717) is 28.4 Å². The Hall–Kier alpha value is -3.00. The highest BCUT2D eigenvalue weighted by molar-refractivity contribution is 5.99. The summed E-state index contributed by atoms with van der Waals surface area (Å²) in [6.45, 7) is 3.35. The van der Waals surface area contributed by atoms with Crippen LogP contribution in [-0.4, -0.2) is 24.2 Å². The first-order chi connectivity index (χ1) is 11.5. The molecule has 0 radical (unpaired) electrons. The van der Waals surface area contributed by atoms with E-state index < -0.39 is 17.9 Å². The molecule has 0 aromatic heterocycles. The van der Waals surface area contributed by atoms with E-state index in [0.717, 1.165) is 0 Å². The molecule has 24 heavy (non-hydrogen) atoms. The van der Waals surface area contributed by atoms with Gasteiger partial charge in [0.1, 0.15) is 5.69 Å². The van der Waals surface area contributed by atoms with Gasteiger partial charge in [-0.2, -0.15) is 0 Å². The van der Waals surface area contributed by atoms with Gasteiger partial charge in [0.25, 0.3) is 0 Å². The van der Waals surface area contributed by atoms with Crippen LogP contribution in [0.4, 0.5) is 5.69 Å². The summed E-state index contributed by atoms with van der Waals surface area (Å²) in [6.07, 6.45) is 0. The first kappa shape index (κ1) is 15.9. The van der Waals surface area contributed by atoms with Crippen molar-refractivity contribution in [1.82, 2.24) is 5.32 Å². The van der Waals surface area contributed by atoms with Crippen LogP contribution in [0.2, 0.25) is 0 Å². The van der Waals surface area contributed by atoms with Crippen LogP contribution in [-0.2, 0) is 19.3 Å². The number of methoxy groups -OCH3 is 1. The number of nitrogens with one attached hydrogen (secondary N) is 2. The van der Waals surface area contributed by atoms with Gasteiger partial charge in [-0.3, -0.25) is 0 Å². The van der Waals surface area contributed by atoms with Crippen molar-refractivity contribution in [2.45, 2.75) is 19.8 Å². The van der Waals surface area contributed by atoms with Gasteiger partial charge in [0.05, 0.1) is 24.2 Å². The summed E-state index contributed by atoms with van der Waals surface area (Å²) >= 11 is 0. The number of ether oxygens (including phenoxy) is 1. The zero-order valence-electron chi connectivity index (χ0n) is 13.3. The normalized spacial score (nSPS) is 19.2. The molecule has 3 N–H and O–H groups in total. The van der Waals surface area contributed by atoms with Gasteiger partial charge in [-0.1, -0.05) is 17.1 Å². The van der Waals surface area contributed by atoms with Crippen LogP contribution in [0.15, 0.2) is 40.7 Å². The molecule has 0 bridgehead atoms. The zero-order chi connectivity index (χ0) is 17.4. The number of hydrogen-bond donors (Lipinski definition) is 3. The Bertz CT molecular complexity index is 796. The lowest BCUT2D eigenvalue weighted by Gasteiger charge is -2.29. The largest absolute Gasteiger partial charge is 0.478 e. The second-order valence-electron chi connectivity index (χ2n) is 5.42. The molecule has 0 fully saturated rings. The average Bonchev–Trinajstić information content (AvgIpc) is 3.01. The van der Waals surface area contributed by atoms with Gasteiger partial charge in [-0.15, -0.1) is 0 Å². The monoisotopic (exact) mass is 332 g/mol. The molecule has 0 saturated heterocycles. The number of carbonyl (C=O) groups excluding carboxylic acids is 1. The lowest BCUT2D eigenvalue weighted by Crippen LogP contribution is -2.31. The maximum atomic E-state index is 12.3.